The molecule has 4 heteroatoms. The Hall–Kier alpha value is -3.40. The van der Waals surface area contributed by atoms with Crippen molar-refractivity contribution in [3.8, 4) is 22.5 Å². The molecule has 0 saturated heterocycles. The quantitative estimate of drug-likeness (QED) is 0.336. The number of rotatable bonds is 7. The van der Waals surface area contributed by atoms with Crippen LogP contribution in [0.15, 0.2) is 97.8 Å². The molecule has 0 amide bonds. The van der Waals surface area contributed by atoms with Crippen LogP contribution in [0.4, 0.5) is 0 Å². The second kappa shape index (κ2) is 9.40. The lowest BCUT2D eigenvalue weighted by molar-refractivity contribution is -0.708. The molecule has 150 valence electrons. The molecule has 0 unspecified atom stereocenters. The highest BCUT2D eigenvalue weighted by atomic mass is 15.0. The third kappa shape index (κ3) is 4.77. The van der Waals surface area contributed by atoms with Gasteiger partial charge in [-0.3, -0.25) is 0 Å². The average Bonchev–Trinajstić information content (AvgIpc) is 2.78. The van der Waals surface area contributed by atoms with E-state index >= 15 is 0 Å². The Labute approximate surface area is 179 Å². The first-order valence-electron chi connectivity index (χ1n) is 10.6. The summed E-state index contributed by atoms with van der Waals surface area (Å²) in [5.41, 5.74) is 4.96. The minimum atomic E-state index is 1.03. The number of nitrogens with zero attached hydrogens (tertiary/aromatic N) is 4. The van der Waals surface area contributed by atoms with E-state index in [1.165, 1.54) is 22.5 Å². The van der Waals surface area contributed by atoms with Crippen molar-refractivity contribution in [1.82, 2.24) is 0 Å². The van der Waals surface area contributed by atoms with Crippen LogP contribution < -0.4 is 18.3 Å². The van der Waals surface area contributed by atoms with Crippen LogP contribution >= 0.6 is 0 Å². The minimum Gasteiger partial charge on any atom is -0.204 e. The molecule has 0 atom stereocenters. The molecule has 0 radical (unpaired) electrons. The van der Waals surface area contributed by atoms with Gasteiger partial charge in [0, 0.05) is 49.2 Å². The molecule has 0 fully saturated rings. The molecule has 4 aromatic heterocycles. The first-order chi connectivity index (χ1) is 14.7. The predicted molar refractivity (Wildman–Crippen MR) is 116 cm³/mol. The van der Waals surface area contributed by atoms with Crippen LogP contribution in [-0.4, -0.2) is 0 Å². The fraction of sp³-hybridized carbons (Fsp3) is 0.231. The number of hydrogen-bond donors (Lipinski definition) is 0. The third-order valence-electron chi connectivity index (χ3n) is 5.50. The van der Waals surface area contributed by atoms with Crippen molar-refractivity contribution in [2.24, 2.45) is 14.1 Å². The molecule has 0 aliphatic heterocycles. The molecule has 0 spiro atoms. The third-order valence-corrected chi connectivity index (χ3v) is 5.50. The van der Waals surface area contributed by atoms with E-state index in [9.17, 15) is 0 Å². The van der Waals surface area contributed by atoms with Crippen molar-refractivity contribution in [2.45, 2.75) is 25.9 Å². The smallest absolute Gasteiger partial charge is 0.204 e. The summed E-state index contributed by atoms with van der Waals surface area (Å²) in [5.74, 6) is 0. The maximum Gasteiger partial charge on any atom is 0.218 e. The van der Waals surface area contributed by atoms with Gasteiger partial charge in [0.25, 0.3) is 0 Å². The Balaban J connectivity index is 1.36. The van der Waals surface area contributed by atoms with Gasteiger partial charge in [-0.15, -0.1) is 0 Å². The van der Waals surface area contributed by atoms with Crippen molar-refractivity contribution in [3.63, 3.8) is 0 Å². The fourth-order valence-corrected chi connectivity index (χ4v) is 3.86. The summed E-state index contributed by atoms with van der Waals surface area (Å²) in [6, 6.07) is 21.3. The Bertz CT molecular complexity index is 1050. The molecular formula is C26H30N4+4. The van der Waals surface area contributed by atoms with Crippen molar-refractivity contribution in [3.05, 3.63) is 97.8 Å². The van der Waals surface area contributed by atoms with E-state index in [0.717, 1.165) is 25.9 Å². The van der Waals surface area contributed by atoms with Crippen LogP contribution in [0, 0.1) is 0 Å². The van der Waals surface area contributed by atoms with Gasteiger partial charge in [-0.05, 0) is 24.3 Å². The largest absolute Gasteiger partial charge is 0.218 e. The summed E-state index contributed by atoms with van der Waals surface area (Å²) in [5, 5.41) is 0. The highest BCUT2D eigenvalue weighted by Gasteiger charge is 2.14. The molecular weight excluding hydrogens is 368 g/mol. The van der Waals surface area contributed by atoms with E-state index in [1.807, 2.05) is 0 Å². The summed E-state index contributed by atoms with van der Waals surface area (Å²) in [6.07, 6.45) is 15.3. The Morgan fingerprint density at radius 3 is 1.43 bits per heavy atom. The first kappa shape index (κ1) is 19.9. The molecule has 0 aliphatic carbocycles. The molecule has 4 nitrogen and oxygen atoms in total. The van der Waals surface area contributed by atoms with Crippen LogP contribution in [0.2, 0.25) is 0 Å². The molecule has 0 aliphatic rings. The lowest BCUT2D eigenvalue weighted by Gasteiger charge is -2.02. The summed E-state index contributed by atoms with van der Waals surface area (Å²) in [7, 11) is 4.18. The second-order valence-electron chi connectivity index (χ2n) is 7.76. The number of hydrogen-bond acceptors (Lipinski definition) is 0. The van der Waals surface area contributed by atoms with E-state index in [-0.39, 0.29) is 0 Å². The standard InChI is InChI=1S/C26H30N4/c1-27-15-5-3-13-25(27)23-11-9-19-29(21-23)17-7-8-18-30-20-10-12-24(22-30)26-14-4-6-16-28(26)2/h3-6,9-16,19-22H,7-8,17-18H2,1-2H3/q+4. The Morgan fingerprint density at radius 2 is 1.00 bits per heavy atom. The van der Waals surface area contributed by atoms with E-state index in [1.54, 1.807) is 0 Å². The van der Waals surface area contributed by atoms with Crippen LogP contribution in [0.25, 0.3) is 22.5 Å². The van der Waals surface area contributed by atoms with Gasteiger partial charge in [-0.2, -0.15) is 0 Å². The SMILES string of the molecule is C[n+]1ccccc1-c1ccc[n+](CCCC[n+]2cccc(-c3cccc[n+]3C)c2)c1. The van der Waals surface area contributed by atoms with Gasteiger partial charge >= 0.3 is 0 Å². The predicted octanol–water partition coefficient (Wildman–Crippen LogP) is 2.73. The van der Waals surface area contributed by atoms with Crippen molar-refractivity contribution >= 4 is 0 Å². The van der Waals surface area contributed by atoms with E-state index in [0.29, 0.717) is 0 Å². The van der Waals surface area contributed by atoms with E-state index < -0.39 is 0 Å². The maximum atomic E-state index is 2.30. The van der Waals surface area contributed by atoms with Crippen molar-refractivity contribution < 1.29 is 18.3 Å². The van der Waals surface area contributed by atoms with Crippen LogP contribution in [-0.2, 0) is 27.2 Å². The number of pyridine rings is 4. The fourth-order valence-electron chi connectivity index (χ4n) is 3.86. The first-order valence-corrected chi connectivity index (χ1v) is 10.6. The zero-order valence-corrected chi connectivity index (χ0v) is 17.9. The summed E-state index contributed by atoms with van der Waals surface area (Å²) in [4.78, 5) is 0. The lowest BCUT2D eigenvalue weighted by atomic mass is 10.1. The monoisotopic (exact) mass is 398 g/mol. The van der Waals surface area contributed by atoms with Gasteiger partial charge < -0.3 is 0 Å². The summed E-state index contributed by atoms with van der Waals surface area (Å²) < 4.78 is 8.92. The maximum absolute atomic E-state index is 2.30. The van der Waals surface area contributed by atoms with Crippen LogP contribution in [0.3, 0.4) is 0 Å². The Kier molecular flexibility index (Phi) is 6.23. The topological polar surface area (TPSA) is 15.5 Å². The number of aromatic nitrogens is 4. The molecule has 0 aromatic carbocycles. The van der Waals surface area contributed by atoms with Crippen molar-refractivity contribution in [1.29, 1.82) is 0 Å². The summed E-state index contributed by atoms with van der Waals surface area (Å²) >= 11 is 0. The van der Waals surface area contributed by atoms with Gasteiger partial charge in [0.05, 0.1) is 0 Å². The van der Waals surface area contributed by atoms with Gasteiger partial charge in [-0.25, -0.2) is 18.3 Å². The van der Waals surface area contributed by atoms with Gasteiger partial charge in [0.2, 0.25) is 11.4 Å². The number of aryl methyl sites for hydroxylation is 4. The van der Waals surface area contributed by atoms with E-state index in [4.69, 9.17) is 0 Å². The lowest BCUT2D eigenvalue weighted by Crippen LogP contribution is -2.37. The van der Waals surface area contributed by atoms with Crippen LogP contribution in [0.1, 0.15) is 12.8 Å². The molecule has 0 saturated carbocycles. The highest BCUT2D eigenvalue weighted by molar-refractivity contribution is 5.53. The van der Waals surface area contributed by atoms with Gasteiger partial charge in [0.1, 0.15) is 38.3 Å². The minimum absolute atomic E-state index is 1.03. The molecule has 4 aromatic rings. The Morgan fingerprint density at radius 1 is 0.533 bits per heavy atom. The molecule has 4 heterocycles. The average molecular weight is 399 g/mol. The second-order valence-corrected chi connectivity index (χ2v) is 7.76. The van der Waals surface area contributed by atoms with Gasteiger partial charge in [-0.1, -0.05) is 0 Å². The van der Waals surface area contributed by atoms with Gasteiger partial charge in [0.15, 0.2) is 37.2 Å². The van der Waals surface area contributed by atoms with E-state index in [2.05, 4.69) is 130 Å². The summed E-state index contributed by atoms with van der Waals surface area (Å²) in [6.45, 7) is 2.05. The normalized spacial score (nSPS) is 10.9. The van der Waals surface area contributed by atoms with Crippen LogP contribution in [0.5, 0.6) is 0 Å². The molecule has 0 bridgehead atoms. The number of unbranched alkanes of at least 4 members (excludes halogenated alkanes) is 1. The van der Waals surface area contributed by atoms with Crippen molar-refractivity contribution in [2.75, 3.05) is 0 Å². The highest BCUT2D eigenvalue weighted by Crippen LogP contribution is 2.12. The molecule has 4 rings (SSSR count). The molecule has 0 N–H and O–H groups in total. The zero-order valence-electron chi connectivity index (χ0n) is 17.9. The molecule has 30 heavy (non-hydrogen) atoms. The zero-order chi connectivity index (χ0) is 20.8.